The summed E-state index contributed by atoms with van der Waals surface area (Å²) in [5.74, 6) is -3.69. The molecule has 4 saturated carbocycles. The number of nitrogens with one attached hydrogen (secondary N) is 6. The molecule has 4 heterocycles. The van der Waals surface area contributed by atoms with Crippen molar-refractivity contribution in [2.45, 2.75) is 146 Å². The number of nitrogens with two attached hydrogens (primary N) is 3. The number of para-hydroxylation sites is 1. The highest BCUT2D eigenvalue weighted by molar-refractivity contribution is 5.99. The third-order valence-corrected chi connectivity index (χ3v) is 15.5. The van der Waals surface area contributed by atoms with Gasteiger partial charge in [-0.1, -0.05) is 43.7 Å². The lowest BCUT2D eigenvalue weighted by molar-refractivity contribution is -0.143. The van der Waals surface area contributed by atoms with Gasteiger partial charge in [0.2, 0.25) is 47.3 Å². The van der Waals surface area contributed by atoms with E-state index in [1.165, 1.54) is 37.0 Å². The molecule has 4 bridgehead atoms. The molecule has 3 aromatic rings. The zero-order valence-electron chi connectivity index (χ0n) is 39.4. The predicted molar refractivity (Wildman–Crippen MR) is 251 cm³/mol. The van der Waals surface area contributed by atoms with Crippen molar-refractivity contribution >= 4 is 58.2 Å². The highest BCUT2D eigenvalue weighted by atomic mass is 16.2. The minimum absolute atomic E-state index is 0.00171. The molecule has 8 amide bonds. The first kappa shape index (κ1) is 49.1. The first-order valence-corrected chi connectivity index (χ1v) is 24.6. The Kier molecular flexibility index (Phi) is 15.0. The van der Waals surface area contributed by atoms with E-state index in [-0.39, 0.29) is 38.3 Å². The minimum Gasteiger partial charge on any atom is -0.370 e. The van der Waals surface area contributed by atoms with Crippen molar-refractivity contribution < 1.29 is 38.4 Å². The van der Waals surface area contributed by atoms with Gasteiger partial charge < -0.3 is 53.7 Å². The second-order valence-corrected chi connectivity index (χ2v) is 20.3. The number of carbonyl (C=O) groups excluding carboxylic acids is 8. The predicted octanol–water partition coefficient (Wildman–Crippen LogP) is 0.0473. The average Bonchev–Trinajstić information content (AvgIpc) is 4.08. The molecule has 372 valence electrons. The topological polar surface area (TPSA) is 325 Å². The van der Waals surface area contributed by atoms with Gasteiger partial charge in [-0.15, -0.1) is 5.10 Å². The summed E-state index contributed by atoms with van der Waals surface area (Å²) in [6, 6.07) is -0.860. The standard InChI is InChI=1S/C48H67N13O8/c1-3-24(2)42-48(69)60-22-30(61-23-37(58-59-61)41-27-13-25-12-26(15-27)16-28(41)14-25)18-38(60)47(68)56-35(17-29-21-53-33-9-5-4-8-31(29)33)45(66)54-34(43(51)64)10-6-7-11-52-40(63)19-32(49)44(65)55-36(20-39(50)62)46(67)57-42/h4-5,8-9,21,23-28,30,32,34-36,38,41-42,53H,3,6-7,10-20,22,49H2,1-2H3,(H2,50,62)(H2,51,64)(H,52,63)(H,54,66)(H,55,65)(H,56,68)(H,57,67)/t24-,25?,26?,27?,28?,30-,32-,34-,35-,36-,38-,41?,42-/m0/s1. The molecule has 21 heteroatoms. The lowest BCUT2D eigenvalue weighted by atomic mass is 9.51. The van der Waals surface area contributed by atoms with Gasteiger partial charge in [-0.05, 0) is 92.6 Å². The van der Waals surface area contributed by atoms with Crippen LogP contribution in [0.15, 0.2) is 36.7 Å². The van der Waals surface area contributed by atoms with Crippen molar-refractivity contribution in [3.63, 3.8) is 0 Å². The average molecular weight is 954 g/mol. The maximum absolute atomic E-state index is 15.2. The molecule has 2 saturated heterocycles. The summed E-state index contributed by atoms with van der Waals surface area (Å²) >= 11 is 0. The van der Waals surface area contributed by atoms with E-state index in [1.807, 2.05) is 37.4 Å². The fourth-order valence-electron chi connectivity index (χ4n) is 12.0. The summed E-state index contributed by atoms with van der Waals surface area (Å²) in [5, 5.41) is 23.7. The molecule has 8 atom stereocenters. The first-order chi connectivity index (χ1) is 33.1. The van der Waals surface area contributed by atoms with Gasteiger partial charge in [0.25, 0.3) is 0 Å². The number of primary amides is 2. The van der Waals surface area contributed by atoms with Gasteiger partial charge in [-0.2, -0.15) is 0 Å². The number of hydrogen-bond donors (Lipinski definition) is 9. The molecule has 4 aliphatic carbocycles. The summed E-state index contributed by atoms with van der Waals surface area (Å²) < 4.78 is 1.73. The molecule has 12 N–H and O–H groups in total. The molecule has 1 aromatic carbocycles. The van der Waals surface area contributed by atoms with Crippen LogP contribution in [0.5, 0.6) is 0 Å². The molecular formula is C48H67N13O8. The molecule has 69 heavy (non-hydrogen) atoms. The van der Waals surface area contributed by atoms with E-state index < -0.39 is 108 Å². The lowest BCUT2D eigenvalue weighted by Crippen LogP contribution is -2.60. The minimum atomic E-state index is -1.56. The van der Waals surface area contributed by atoms with Crippen LogP contribution in [-0.2, 0) is 44.8 Å². The normalized spacial score (nSPS) is 32.4. The fraction of sp³-hybridized carbons (Fsp3) is 0.625. The Bertz CT molecular complexity index is 2410. The zero-order chi connectivity index (χ0) is 49.1. The zero-order valence-corrected chi connectivity index (χ0v) is 39.4. The van der Waals surface area contributed by atoms with Crippen molar-refractivity contribution in [2.24, 2.45) is 46.8 Å². The van der Waals surface area contributed by atoms with Crippen LogP contribution in [0.4, 0.5) is 0 Å². The summed E-state index contributed by atoms with van der Waals surface area (Å²) in [4.78, 5) is 114. The van der Waals surface area contributed by atoms with Gasteiger partial charge >= 0.3 is 0 Å². The number of rotatable bonds is 9. The quantitative estimate of drug-likeness (QED) is 0.138. The maximum Gasteiger partial charge on any atom is 0.246 e. The monoisotopic (exact) mass is 954 g/mol. The number of aromatic nitrogens is 4. The number of H-pyrrole nitrogens is 1. The number of nitrogens with zero attached hydrogens (tertiary/aromatic N) is 4. The van der Waals surface area contributed by atoms with Gasteiger partial charge in [0.05, 0.1) is 30.6 Å². The Morgan fingerprint density at radius 1 is 0.841 bits per heavy atom. The Morgan fingerprint density at radius 2 is 1.54 bits per heavy atom. The van der Waals surface area contributed by atoms with Gasteiger partial charge in [0, 0.05) is 55.1 Å². The van der Waals surface area contributed by atoms with Crippen LogP contribution in [-0.4, -0.2) is 121 Å². The Labute approximate surface area is 400 Å². The Morgan fingerprint density at radius 3 is 2.23 bits per heavy atom. The second-order valence-electron chi connectivity index (χ2n) is 20.3. The highest BCUT2D eigenvalue weighted by Crippen LogP contribution is 2.59. The number of carbonyl (C=O) groups is 8. The first-order valence-electron chi connectivity index (χ1n) is 24.6. The highest BCUT2D eigenvalue weighted by Gasteiger charge is 2.50. The van der Waals surface area contributed by atoms with E-state index in [4.69, 9.17) is 22.3 Å². The van der Waals surface area contributed by atoms with Crippen LogP contribution >= 0.6 is 0 Å². The van der Waals surface area contributed by atoms with Crippen LogP contribution < -0.4 is 43.8 Å². The van der Waals surface area contributed by atoms with Crippen LogP contribution in [0.25, 0.3) is 10.9 Å². The third-order valence-electron chi connectivity index (χ3n) is 15.5. The third kappa shape index (κ3) is 11.1. The van der Waals surface area contributed by atoms with Crippen LogP contribution in [0, 0.1) is 29.6 Å². The van der Waals surface area contributed by atoms with Crippen molar-refractivity contribution in [1.29, 1.82) is 0 Å². The molecule has 2 aliphatic heterocycles. The molecule has 2 aromatic heterocycles. The van der Waals surface area contributed by atoms with Crippen LogP contribution in [0.3, 0.4) is 0 Å². The van der Waals surface area contributed by atoms with E-state index in [0.29, 0.717) is 36.7 Å². The van der Waals surface area contributed by atoms with E-state index >= 15 is 4.79 Å². The molecule has 0 unspecified atom stereocenters. The van der Waals surface area contributed by atoms with E-state index in [1.54, 1.807) is 17.8 Å². The summed E-state index contributed by atoms with van der Waals surface area (Å²) in [5.41, 5.74) is 19.9. The summed E-state index contributed by atoms with van der Waals surface area (Å²) in [7, 11) is 0. The smallest absolute Gasteiger partial charge is 0.246 e. The van der Waals surface area contributed by atoms with Gasteiger partial charge in [-0.25, -0.2) is 4.68 Å². The Hall–Kier alpha value is -6.38. The number of fused-ring (bicyclic) bond motifs is 2. The Balaban J connectivity index is 1.13. The van der Waals surface area contributed by atoms with E-state index in [9.17, 15) is 33.6 Å². The molecule has 21 nitrogen and oxygen atoms in total. The second kappa shape index (κ2) is 21.1. The molecule has 0 spiro atoms. The molecule has 9 rings (SSSR count). The largest absolute Gasteiger partial charge is 0.370 e. The van der Waals surface area contributed by atoms with Gasteiger partial charge in [0.1, 0.15) is 30.2 Å². The SMILES string of the molecule is CC[C@H](C)[C@@H]1NC(=O)[C@H](CC(N)=O)NC(=O)[C@@H](N)CC(=O)NCCCC[C@@H](C(N)=O)NC(=O)[C@H](Cc2c[nH]c3ccccc23)NC(=O)[C@@H]2C[C@H](n3cc(C4C5CC6CC(C5)CC4C6)nn3)CN2C1=O. The van der Waals surface area contributed by atoms with Crippen molar-refractivity contribution in [3.05, 3.63) is 47.9 Å². The molecule has 6 aliphatic rings. The van der Waals surface area contributed by atoms with Gasteiger partial charge in [-0.3, -0.25) is 38.4 Å². The summed E-state index contributed by atoms with van der Waals surface area (Å²) in [6.45, 7) is 3.71. The summed E-state index contributed by atoms with van der Waals surface area (Å²) in [6.07, 6.45) is 9.94. The van der Waals surface area contributed by atoms with Crippen molar-refractivity contribution in [2.75, 3.05) is 13.1 Å². The van der Waals surface area contributed by atoms with Crippen LogP contribution in [0.2, 0.25) is 0 Å². The van der Waals surface area contributed by atoms with Crippen LogP contribution in [0.1, 0.15) is 114 Å². The fourth-order valence-corrected chi connectivity index (χ4v) is 12.0. The lowest BCUT2D eigenvalue weighted by Gasteiger charge is -2.53. The number of benzene rings is 1. The molecular weight excluding hydrogens is 887 g/mol. The van der Waals surface area contributed by atoms with Crippen molar-refractivity contribution in [3.8, 4) is 0 Å². The van der Waals surface area contributed by atoms with E-state index in [0.717, 1.165) is 28.4 Å². The molecule has 6 fully saturated rings. The van der Waals surface area contributed by atoms with E-state index in [2.05, 4.69) is 36.8 Å². The maximum atomic E-state index is 15.2. The number of hydrogen-bond acceptors (Lipinski definition) is 11. The number of amides is 8. The van der Waals surface area contributed by atoms with Crippen molar-refractivity contribution in [1.82, 2.24) is 51.5 Å². The molecule has 0 radical (unpaired) electrons. The number of aromatic amines is 1. The van der Waals surface area contributed by atoms with Gasteiger partial charge in [0.15, 0.2) is 0 Å².